The Bertz CT molecular complexity index is 1650. The SMILES string of the molecule is COc1cccc(/C=C/C(=O)c2ccc(OC(=O)c3c(C)oc4ccc(OCc5ccccc5)cc34)cc2)c1. The van der Waals surface area contributed by atoms with Gasteiger partial charge in [0.2, 0.25) is 0 Å². The van der Waals surface area contributed by atoms with Gasteiger partial charge in [0.05, 0.1) is 7.11 Å². The standard InChI is InChI=1S/C33H26O6/c1-22-32(29-20-28(16-18-31(29)38-22)37-21-24-7-4-3-5-8-24)33(35)39-26-14-12-25(13-15-26)30(34)17-11-23-9-6-10-27(19-23)36-2/h3-20H,21H2,1-2H3/b17-11+. The van der Waals surface area contributed by atoms with Crippen LogP contribution in [0, 0.1) is 6.92 Å². The number of hydrogen-bond donors (Lipinski definition) is 0. The maximum atomic E-state index is 13.1. The van der Waals surface area contributed by atoms with Gasteiger partial charge in [-0.3, -0.25) is 4.79 Å². The van der Waals surface area contributed by atoms with Crippen molar-refractivity contribution in [1.29, 1.82) is 0 Å². The lowest BCUT2D eigenvalue weighted by Crippen LogP contribution is -2.09. The Hall–Kier alpha value is -5.10. The molecule has 0 saturated carbocycles. The maximum absolute atomic E-state index is 13.1. The second-order valence-electron chi connectivity index (χ2n) is 8.85. The Labute approximate surface area is 226 Å². The second kappa shape index (κ2) is 11.5. The molecule has 194 valence electrons. The van der Waals surface area contributed by atoms with E-state index < -0.39 is 5.97 Å². The maximum Gasteiger partial charge on any atom is 0.347 e. The number of methoxy groups -OCH3 is 1. The largest absolute Gasteiger partial charge is 0.497 e. The fourth-order valence-corrected chi connectivity index (χ4v) is 4.14. The van der Waals surface area contributed by atoms with Crippen molar-refractivity contribution in [2.75, 3.05) is 7.11 Å². The summed E-state index contributed by atoms with van der Waals surface area (Å²) in [6.07, 6.45) is 3.22. The minimum atomic E-state index is -0.552. The van der Waals surface area contributed by atoms with Crippen LogP contribution < -0.4 is 14.2 Å². The average molecular weight is 519 g/mol. The molecule has 5 rings (SSSR count). The molecule has 0 radical (unpaired) electrons. The molecule has 0 unspecified atom stereocenters. The van der Waals surface area contributed by atoms with Gasteiger partial charge < -0.3 is 18.6 Å². The lowest BCUT2D eigenvalue weighted by atomic mass is 10.1. The van der Waals surface area contributed by atoms with E-state index in [0.29, 0.717) is 51.7 Å². The number of esters is 1. The summed E-state index contributed by atoms with van der Waals surface area (Å²) in [5, 5.41) is 0.609. The third-order valence-corrected chi connectivity index (χ3v) is 6.16. The second-order valence-corrected chi connectivity index (χ2v) is 8.85. The lowest BCUT2D eigenvalue weighted by molar-refractivity contribution is 0.0734. The van der Waals surface area contributed by atoms with Crippen molar-refractivity contribution in [1.82, 2.24) is 0 Å². The van der Waals surface area contributed by atoms with E-state index in [1.165, 1.54) is 6.08 Å². The number of benzene rings is 4. The van der Waals surface area contributed by atoms with Crippen LogP contribution in [0.5, 0.6) is 17.2 Å². The molecular weight excluding hydrogens is 492 g/mol. The topological polar surface area (TPSA) is 75.0 Å². The Balaban J connectivity index is 1.27. The summed E-state index contributed by atoms with van der Waals surface area (Å²) in [7, 11) is 1.59. The number of rotatable bonds is 9. The first-order chi connectivity index (χ1) is 19.0. The number of allylic oxidation sites excluding steroid dienone is 1. The molecule has 0 bridgehead atoms. The van der Waals surface area contributed by atoms with Crippen molar-refractivity contribution in [3.63, 3.8) is 0 Å². The van der Waals surface area contributed by atoms with Crippen molar-refractivity contribution in [3.05, 3.63) is 131 Å². The van der Waals surface area contributed by atoms with Crippen molar-refractivity contribution >= 4 is 28.8 Å². The number of aryl methyl sites for hydroxylation is 1. The van der Waals surface area contributed by atoms with Gasteiger partial charge >= 0.3 is 5.97 Å². The summed E-state index contributed by atoms with van der Waals surface area (Å²) in [5.74, 6) is 1.38. The van der Waals surface area contributed by atoms with E-state index in [-0.39, 0.29) is 5.78 Å². The van der Waals surface area contributed by atoms with Crippen molar-refractivity contribution in [3.8, 4) is 17.2 Å². The quantitative estimate of drug-likeness (QED) is 0.0873. The van der Waals surface area contributed by atoms with Crippen LogP contribution in [0.2, 0.25) is 0 Å². The molecule has 0 amide bonds. The number of ketones is 1. The van der Waals surface area contributed by atoms with E-state index in [9.17, 15) is 9.59 Å². The molecule has 4 aromatic carbocycles. The summed E-state index contributed by atoms with van der Waals surface area (Å²) >= 11 is 0. The summed E-state index contributed by atoms with van der Waals surface area (Å²) in [6, 6.07) is 29.0. The zero-order chi connectivity index (χ0) is 27.2. The van der Waals surface area contributed by atoms with Gasteiger partial charge in [-0.1, -0.05) is 48.5 Å². The molecule has 0 fully saturated rings. The Morgan fingerprint density at radius 1 is 0.821 bits per heavy atom. The van der Waals surface area contributed by atoms with Gasteiger partial charge in [-0.05, 0) is 78.7 Å². The van der Waals surface area contributed by atoms with Crippen molar-refractivity contribution in [2.24, 2.45) is 0 Å². The van der Waals surface area contributed by atoms with Gasteiger partial charge in [0, 0.05) is 10.9 Å². The zero-order valence-corrected chi connectivity index (χ0v) is 21.5. The predicted octanol–water partition coefficient (Wildman–Crippen LogP) is 7.44. The normalized spacial score (nSPS) is 11.0. The predicted molar refractivity (Wildman–Crippen MR) is 149 cm³/mol. The number of furan rings is 1. The van der Waals surface area contributed by atoms with Gasteiger partial charge in [0.1, 0.15) is 40.8 Å². The molecule has 0 aliphatic rings. The summed E-state index contributed by atoms with van der Waals surface area (Å²) in [4.78, 5) is 25.7. The molecule has 0 N–H and O–H groups in total. The Morgan fingerprint density at radius 3 is 2.36 bits per heavy atom. The van der Waals surface area contributed by atoms with Crippen LogP contribution in [-0.2, 0) is 6.61 Å². The molecule has 0 atom stereocenters. The van der Waals surface area contributed by atoms with Crippen LogP contribution in [0.15, 0.2) is 108 Å². The number of ether oxygens (including phenoxy) is 3. The fourth-order valence-electron chi connectivity index (χ4n) is 4.14. The van der Waals surface area contributed by atoms with Gasteiger partial charge in [0.15, 0.2) is 5.78 Å². The highest BCUT2D eigenvalue weighted by atomic mass is 16.5. The Morgan fingerprint density at radius 2 is 1.59 bits per heavy atom. The molecule has 0 aliphatic heterocycles. The van der Waals surface area contributed by atoms with E-state index >= 15 is 0 Å². The Kier molecular flexibility index (Phi) is 7.55. The minimum absolute atomic E-state index is 0.171. The van der Waals surface area contributed by atoms with Gasteiger partial charge in [0.25, 0.3) is 0 Å². The molecule has 0 spiro atoms. The van der Waals surface area contributed by atoms with Crippen LogP contribution in [0.3, 0.4) is 0 Å². The smallest absolute Gasteiger partial charge is 0.347 e. The molecule has 0 aliphatic carbocycles. The molecule has 39 heavy (non-hydrogen) atoms. The first kappa shape index (κ1) is 25.5. The number of fused-ring (bicyclic) bond motifs is 1. The highest BCUT2D eigenvalue weighted by molar-refractivity contribution is 6.07. The summed E-state index contributed by atoms with van der Waals surface area (Å²) < 4.78 is 22.5. The van der Waals surface area contributed by atoms with Crippen LogP contribution >= 0.6 is 0 Å². The van der Waals surface area contributed by atoms with E-state index in [2.05, 4.69) is 0 Å². The molecule has 0 saturated heterocycles. The highest BCUT2D eigenvalue weighted by Crippen LogP contribution is 2.30. The lowest BCUT2D eigenvalue weighted by Gasteiger charge is -2.07. The molecule has 6 heteroatoms. The van der Waals surface area contributed by atoms with Gasteiger partial charge in [-0.15, -0.1) is 0 Å². The van der Waals surface area contributed by atoms with Crippen LogP contribution in [-0.4, -0.2) is 18.9 Å². The van der Waals surface area contributed by atoms with Crippen LogP contribution in [0.4, 0.5) is 0 Å². The van der Waals surface area contributed by atoms with Crippen LogP contribution in [0.1, 0.15) is 37.6 Å². The summed E-state index contributed by atoms with van der Waals surface area (Å²) in [6.45, 7) is 2.13. The van der Waals surface area contributed by atoms with E-state index in [4.69, 9.17) is 18.6 Å². The monoisotopic (exact) mass is 518 g/mol. The average Bonchev–Trinajstić information content (AvgIpc) is 3.30. The third-order valence-electron chi connectivity index (χ3n) is 6.16. The van der Waals surface area contributed by atoms with Crippen LogP contribution in [0.25, 0.3) is 17.0 Å². The van der Waals surface area contributed by atoms with E-state index in [0.717, 1.165) is 11.1 Å². The van der Waals surface area contributed by atoms with E-state index in [1.54, 1.807) is 56.5 Å². The molecule has 6 nitrogen and oxygen atoms in total. The molecular formula is C33H26O6. The minimum Gasteiger partial charge on any atom is -0.497 e. The van der Waals surface area contributed by atoms with Crippen molar-refractivity contribution in [2.45, 2.75) is 13.5 Å². The highest BCUT2D eigenvalue weighted by Gasteiger charge is 2.21. The number of carbonyl (C=O) groups is 2. The zero-order valence-electron chi connectivity index (χ0n) is 21.5. The molecule has 5 aromatic rings. The summed E-state index contributed by atoms with van der Waals surface area (Å²) in [5.41, 5.74) is 3.26. The third kappa shape index (κ3) is 6.08. The first-order valence-corrected chi connectivity index (χ1v) is 12.4. The van der Waals surface area contributed by atoms with Gasteiger partial charge in [-0.25, -0.2) is 4.79 Å². The number of hydrogen-bond acceptors (Lipinski definition) is 6. The molecule has 1 heterocycles. The number of carbonyl (C=O) groups excluding carboxylic acids is 2. The molecule has 1 aromatic heterocycles. The van der Waals surface area contributed by atoms with E-state index in [1.807, 2.05) is 60.7 Å². The first-order valence-electron chi connectivity index (χ1n) is 12.4. The van der Waals surface area contributed by atoms with Gasteiger partial charge in [-0.2, -0.15) is 0 Å². The van der Waals surface area contributed by atoms with Crippen molar-refractivity contribution < 1.29 is 28.2 Å². The fraction of sp³-hybridized carbons (Fsp3) is 0.0909.